The van der Waals surface area contributed by atoms with E-state index in [9.17, 15) is 5.11 Å². The molecule has 3 atom stereocenters. The number of aliphatic hydroxyl groups excluding tert-OH is 1. The number of nitrogens with one attached hydrogen (secondary N) is 1. The van der Waals surface area contributed by atoms with Crippen LogP contribution in [0, 0.1) is 17.8 Å². The van der Waals surface area contributed by atoms with Crippen molar-refractivity contribution in [1.82, 2.24) is 5.32 Å². The third-order valence-electron chi connectivity index (χ3n) is 4.03. The van der Waals surface area contributed by atoms with Gasteiger partial charge in [-0.25, -0.2) is 0 Å². The highest BCUT2D eigenvalue weighted by Gasteiger charge is 2.31. The monoisotopic (exact) mass is 261 g/mol. The van der Waals surface area contributed by atoms with Crippen molar-refractivity contribution in [3.05, 3.63) is 35.4 Å². The zero-order valence-electron chi connectivity index (χ0n) is 12.4. The van der Waals surface area contributed by atoms with Gasteiger partial charge in [0, 0.05) is 6.54 Å². The second kappa shape index (κ2) is 6.53. The molecule has 0 aliphatic heterocycles. The Hall–Kier alpha value is -0.860. The average Bonchev–Trinajstić information content (AvgIpc) is 3.05. The molecule has 2 rings (SSSR count). The SMILES string of the molecule is CC(C)Cc1ccc(C(O)CNCC2CC2C)cc1. The van der Waals surface area contributed by atoms with Crippen LogP contribution >= 0.6 is 0 Å². The molecule has 0 radical (unpaired) electrons. The minimum Gasteiger partial charge on any atom is -0.387 e. The van der Waals surface area contributed by atoms with E-state index in [0.717, 1.165) is 30.4 Å². The summed E-state index contributed by atoms with van der Waals surface area (Å²) in [6, 6.07) is 8.40. The Morgan fingerprint density at radius 2 is 1.89 bits per heavy atom. The molecule has 3 unspecified atom stereocenters. The van der Waals surface area contributed by atoms with Gasteiger partial charge in [0.15, 0.2) is 0 Å². The van der Waals surface area contributed by atoms with Gasteiger partial charge in [-0.3, -0.25) is 0 Å². The Labute approximate surface area is 117 Å². The maximum absolute atomic E-state index is 10.1. The van der Waals surface area contributed by atoms with Crippen LogP contribution in [0.3, 0.4) is 0 Å². The molecular weight excluding hydrogens is 234 g/mol. The van der Waals surface area contributed by atoms with Crippen LogP contribution in [0.2, 0.25) is 0 Å². The van der Waals surface area contributed by atoms with Gasteiger partial charge in [0.1, 0.15) is 0 Å². The second-order valence-electron chi connectivity index (χ2n) is 6.49. The van der Waals surface area contributed by atoms with Crippen molar-refractivity contribution >= 4 is 0 Å². The van der Waals surface area contributed by atoms with Crippen molar-refractivity contribution in [1.29, 1.82) is 0 Å². The molecule has 1 aliphatic rings. The van der Waals surface area contributed by atoms with Crippen LogP contribution in [-0.2, 0) is 6.42 Å². The van der Waals surface area contributed by atoms with Gasteiger partial charge in [-0.1, -0.05) is 45.0 Å². The largest absolute Gasteiger partial charge is 0.387 e. The smallest absolute Gasteiger partial charge is 0.0914 e. The fraction of sp³-hybridized carbons (Fsp3) is 0.647. The van der Waals surface area contributed by atoms with E-state index >= 15 is 0 Å². The lowest BCUT2D eigenvalue weighted by Gasteiger charge is -2.13. The van der Waals surface area contributed by atoms with Crippen LogP contribution in [0.1, 0.15) is 44.4 Å². The van der Waals surface area contributed by atoms with Gasteiger partial charge < -0.3 is 10.4 Å². The highest BCUT2D eigenvalue weighted by molar-refractivity contribution is 5.24. The van der Waals surface area contributed by atoms with E-state index in [2.05, 4.69) is 50.4 Å². The first kappa shape index (κ1) is 14.5. The van der Waals surface area contributed by atoms with E-state index < -0.39 is 0 Å². The Kier molecular flexibility index (Phi) is 5.00. The van der Waals surface area contributed by atoms with Gasteiger partial charge in [0.05, 0.1) is 6.10 Å². The van der Waals surface area contributed by atoms with Crippen molar-refractivity contribution in [3.63, 3.8) is 0 Å². The van der Waals surface area contributed by atoms with E-state index in [4.69, 9.17) is 0 Å². The fourth-order valence-electron chi connectivity index (χ4n) is 2.55. The number of hydrogen-bond donors (Lipinski definition) is 2. The molecule has 106 valence electrons. The molecule has 2 nitrogen and oxygen atoms in total. The Balaban J connectivity index is 1.76. The fourth-order valence-corrected chi connectivity index (χ4v) is 2.55. The summed E-state index contributed by atoms with van der Waals surface area (Å²) in [6.45, 7) is 8.45. The number of aliphatic hydroxyl groups is 1. The van der Waals surface area contributed by atoms with Crippen molar-refractivity contribution in [2.75, 3.05) is 13.1 Å². The van der Waals surface area contributed by atoms with E-state index in [0.29, 0.717) is 12.5 Å². The van der Waals surface area contributed by atoms with Crippen LogP contribution in [-0.4, -0.2) is 18.2 Å². The van der Waals surface area contributed by atoms with Crippen LogP contribution < -0.4 is 5.32 Å². The highest BCUT2D eigenvalue weighted by Crippen LogP contribution is 2.36. The quantitative estimate of drug-likeness (QED) is 0.790. The van der Waals surface area contributed by atoms with Crippen molar-refractivity contribution in [2.24, 2.45) is 17.8 Å². The average molecular weight is 261 g/mol. The summed E-state index contributed by atoms with van der Waals surface area (Å²) in [7, 11) is 0. The first-order valence-electron chi connectivity index (χ1n) is 7.54. The molecule has 1 aromatic rings. The lowest BCUT2D eigenvalue weighted by molar-refractivity contribution is 0.174. The lowest BCUT2D eigenvalue weighted by Crippen LogP contribution is -2.23. The standard InChI is InChI=1S/C17H27NO/c1-12(2)8-14-4-6-15(7-5-14)17(19)11-18-10-16-9-13(16)3/h4-7,12-13,16-19H,8-11H2,1-3H3. The molecule has 0 saturated heterocycles. The summed E-state index contributed by atoms with van der Waals surface area (Å²) in [5.74, 6) is 2.39. The van der Waals surface area contributed by atoms with Gasteiger partial charge in [0.25, 0.3) is 0 Å². The first-order chi connectivity index (χ1) is 9.06. The maximum atomic E-state index is 10.1. The molecule has 0 aromatic heterocycles. The minimum atomic E-state index is -0.387. The molecule has 19 heavy (non-hydrogen) atoms. The topological polar surface area (TPSA) is 32.3 Å². The summed E-state index contributed by atoms with van der Waals surface area (Å²) in [4.78, 5) is 0. The summed E-state index contributed by atoms with van der Waals surface area (Å²) < 4.78 is 0. The van der Waals surface area contributed by atoms with Crippen molar-refractivity contribution in [3.8, 4) is 0 Å². The minimum absolute atomic E-state index is 0.387. The molecule has 2 heteroatoms. The zero-order chi connectivity index (χ0) is 13.8. The summed E-state index contributed by atoms with van der Waals surface area (Å²) in [5, 5.41) is 13.5. The van der Waals surface area contributed by atoms with Crippen molar-refractivity contribution in [2.45, 2.75) is 39.7 Å². The van der Waals surface area contributed by atoms with Gasteiger partial charge in [-0.2, -0.15) is 0 Å². The number of rotatable bonds is 7. The van der Waals surface area contributed by atoms with Gasteiger partial charge in [0.2, 0.25) is 0 Å². The van der Waals surface area contributed by atoms with E-state index in [1.807, 2.05) is 0 Å². The number of benzene rings is 1. The molecule has 0 spiro atoms. The molecule has 0 heterocycles. The molecule has 1 saturated carbocycles. The molecule has 0 amide bonds. The van der Waals surface area contributed by atoms with Crippen LogP contribution in [0.25, 0.3) is 0 Å². The van der Waals surface area contributed by atoms with Crippen molar-refractivity contribution < 1.29 is 5.11 Å². The molecule has 1 aliphatic carbocycles. The Bertz CT molecular complexity index is 385. The molecule has 0 bridgehead atoms. The van der Waals surface area contributed by atoms with E-state index in [1.165, 1.54) is 12.0 Å². The molecular formula is C17H27NO. The van der Waals surface area contributed by atoms with Crippen LogP contribution in [0.5, 0.6) is 0 Å². The maximum Gasteiger partial charge on any atom is 0.0914 e. The predicted octanol–water partition coefficient (Wildman–Crippen LogP) is 3.16. The summed E-state index contributed by atoms with van der Waals surface area (Å²) >= 11 is 0. The highest BCUT2D eigenvalue weighted by atomic mass is 16.3. The Morgan fingerprint density at radius 3 is 2.42 bits per heavy atom. The zero-order valence-corrected chi connectivity index (χ0v) is 12.4. The van der Waals surface area contributed by atoms with E-state index in [-0.39, 0.29) is 6.10 Å². The van der Waals surface area contributed by atoms with Crippen LogP contribution in [0.4, 0.5) is 0 Å². The molecule has 2 N–H and O–H groups in total. The number of hydrogen-bond acceptors (Lipinski definition) is 2. The third-order valence-corrected chi connectivity index (χ3v) is 4.03. The van der Waals surface area contributed by atoms with Gasteiger partial charge in [-0.15, -0.1) is 0 Å². The van der Waals surface area contributed by atoms with Gasteiger partial charge >= 0.3 is 0 Å². The second-order valence-corrected chi connectivity index (χ2v) is 6.49. The first-order valence-corrected chi connectivity index (χ1v) is 7.54. The summed E-state index contributed by atoms with van der Waals surface area (Å²) in [6.07, 6.45) is 2.06. The Morgan fingerprint density at radius 1 is 1.26 bits per heavy atom. The third kappa shape index (κ3) is 4.63. The molecule has 1 aromatic carbocycles. The normalized spacial score (nSPS) is 23.6. The molecule has 1 fully saturated rings. The summed E-state index contributed by atoms with van der Waals surface area (Å²) in [5.41, 5.74) is 2.37. The lowest BCUT2D eigenvalue weighted by atomic mass is 10.0. The van der Waals surface area contributed by atoms with Crippen LogP contribution in [0.15, 0.2) is 24.3 Å². The van der Waals surface area contributed by atoms with Gasteiger partial charge in [-0.05, 0) is 48.3 Å². The predicted molar refractivity (Wildman–Crippen MR) is 80.1 cm³/mol. The van der Waals surface area contributed by atoms with E-state index in [1.54, 1.807) is 0 Å².